The van der Waals surface area contributed by atoms with Crippen molar-refractivity contribution in [1.82, 2.24) is 25.4 Å². The Morgan fingerprint density at radius 1 is 1.19 bits per heavy atom. The molecule has 0 amide bonds. The Kier molecular flexibility index (Phi) is 7.23. The third-order valence-electron chi connectivity index (χ3n) is 5.07. The van der Waals surface area contributed by atoms with E-state index in [0.717, 1.165) is 23.6 Å². The molecule has 3 rings (SSSR count). The molecule has 0 aliphatic carbocycles. The lowest BCUT2D eigenvalue weighted by atomic mass is 10.1. The summed E-state index contributed by atoms with van der Waals surface area (Å²) >= 11 is 0. The molecule has 31 heavy (non-hydrogen) atoms. The number of nitrogens with zero attached hydrogens (tertiary/aromatic N) is 4. The van der Waals surface area contributed by atoms with Gasteiger partial charge in [0.25, 0.3) is 0 Å². The predicted molar refractivity (Wildman–Crippen MR) is 120 cm³/mol. The van der Waals surface area contributed by atoms with Gasteiger partial charge in [0.2, 0.25) is 5.88 Å². The van der Waals surface area contributed by atoms with Gasteiger partial charge in [-0.1, -0.05) is 6.07 Å². The molecular weight excluding hydrogens is 395 g/mol. The van der Waals surface area contributed by atoms with Crippen molar-refractivity contribution < 1.29 is 9.13 Å². The molecular formula is C23H29FN6O. The van der Waals surface area contributed by atoms with Crippen LogP contribution in [-0.2, 0) is 20.0 Å². The summed E-state index contributed by atoms with van der Waals surface area (Å²) in [5.41, 5.74) is 4.49. The molecule has 0 aliphatic rings. The second kappa shape index (κ2) is 10.1. The number of nitrogens with one attached hydrogen (secondary N) is 2. The zero-order chi connectivity index (χ0) is 22.4. The van der Waals surface area contributed by atoms with Crippen molar-refractivity contribution in [3.63, 3.8) is 0 Å². The Morgan fingerprint density at radius 3 is 2.52 bits per heavy atom. The lowest BCUT2D eigenvalue weighted by molar-refractivity contribution is 0.461. The van der Waals surface area contributed by atoms with Crippen LogP contribution in [0.3, 0.4) is 0 Å². The summed E-state index contributed by atoms with van der Waals surface area (Å²) in [6.45, 7) is 6.83. The van der Waals surface area contributed by atoms with Crippen LogP contribution in [0.25, 0.3) is 0 Å². The van der Waals surface area contributed by atoms with Crippen LogP contribution >= 0.6 is 0 Å². The Bertz CT molecular complexity index is 1030. The van der Waals surface area contributed by atoms with Gasteiger partial charge in [-0.15, -0.1) is 0 Å². The summed E-state index contributed by atoms with van der Waals surface area (Å²) in [5, 5.41) is 11.2. The molecule has 2 heterocycles. The highest BCUT2D eigenvalue weighted by Gasteiger charge is 2.14. The number of aliphatic imine (C=N–C) groups is 1. The van der Waals surface area contributed by atoms with E-state index in [1.165, 1.54) is 23.4 Å². The molecule has 1 atom stereocenters. The normalized spacial score (nSPS) is 12.5. The van der Waals surface area contributed by atoms with Crippen molar-refractivity contribution in [3.05, 3.63) is 70.9 Å². The first-order valence-corrected chi connectivity index (χ1v) is 10.2. The van der Waals surface area contributed by atoms with Crippen molar-refractivity contribution in [2.75, 3.05) is 7.05 Å². The third kappa shape index (κ3) is 6.04. The fourth-order valence-corrected chi connectivity index (χ4v) is 3.28. The number of aromatic nitrogens is 3. The molecule has 0 spiro atoms. The minimum Gasteiger partial charge on any atom is -0.439 e. The molecule has 3 aromatic rings. The van der Waals surface area contributed by atoms with Crippen molar-refractivity contribution in [2.45, 2.75) is 39.8 Å². The maximum atomic E-state index is 13.0. The SMILES string of the molecule is CN=C(NCc1ccc(Oc2ccc(F)cc2)nc1)NC(C)Cc1c(C)nn(C)c1C. The summed E-state index contributed by atoms with van der Waals surface area (Å²) in [5.74, 6) is 1.41. The number of pyridine rings is 1. The summed E-state index contributed by atoms with van der Waals surface area (Å²) in [4.78, 5) is 8.63. The van der Waals surface area contributed by atoms with Crippen LogP contribution in [0.1, 0.15) is 29.4 Å². The number of aryl methyl sites for hydroxylation is 2. The third-order valence-corrected chi connectivity index (χ3v) is 5.07. The number of rotatable bonds is 7. The molecule has 0 aliphatic heterocycles. The van der Waals surface area contributed by atoms with E-state index >= 15 is 0 Å². The van der Waals surface area contributed by atoms with Crippen molar-refractivity contribution >= 4 is 5.96 Å². The monoisotopic (exact) mass is 424 g/mol. The van der Waals surface area contributed by atoms with E-state index < -0.39 is 0 Å². The van der Waals surface area contributed by atoms with Gasteiger partial charge >= 0.3 is 0 Å². The summed E-state index contributed by atoms with van der Waals surface area (Å²) in [6.07, 6.45) is 2.61. The van der Waals surface area contributed by atoms with Crippen LogP contribution in [0.4, 0.5) is 4.39 Å². The zero-order valence-electron chi connectivity index (χ0n) is 18.6. The van der Waals surface area contributed by atoms with Gasteiger partial charge in [0.15, 0.2) is 5.96 Å². The molecule has 0 radical (unpaired) electrons. The Labute approximate surface area is 182 Å². The van der Waals surface area contributed by atoms with Crippen LogP contribution in [0.5, 0.6) is 11.6 Å². The summed E-state index contributed by atoms with van der Waals surface area (Å²) < 4.78 is 20.5. The molecule has 2 aromatic heterocycles. The fraction of sp³-hybridized carbons (Fsp3) is 0.348. The summed E-state index contributed by atoms with van der Waals surface area (Å²) in [7, 11) is 3.72. The smallest absolute Gasteiger partial charge is 0.219 e. The molecule has 164 valence electrons. The highest BCUT2D eigenvalue weighted by atomic mass is 19.1. The van der Waals surface area contributed by atoms with Crippen LogP contribution < -0.4 is 15.4 Å². The van der Waals surface area contributed by atoms with Gasteiger partial charge in [-0.25, -0.2) is 9.37 Å². The predicted octanol–water partition coefficient (Wildman–Crippen LogP) is 3.66. The first kappa shape index (κ1) is 22.3. The van der Waals surface area contributed by atoms with Crippen molar-refractivity contribution in [3.8, 4) is 11.6 Å². The van der Waals surface area contributed by atoms with Gasteiger partial charge in [0.1, 0.15) is 11.6 Å². The lowest BCUT2D eigenvalue weighted by Crippen LogP contribution is -2.42. The largest absolute Gasteiger partial charge is 0.439 e. The fourth-order valence-electron chi connectivity index (χ4n) is 3.28. The van der Waals surface area contributed by atoms with E-state index in [1.54, 1.807) is 31.4 Å². The highest BCUT2D eigenvalue weighted by molar-refractivity contribution is 5.79. The van der Waals surface area contributed by atoms with Crippen LogP contribution in [0, 0.1) is 19.7 Å². The van der Waals surface area contributed by atoms with Crippen LogP contribution in [0.15, 0.2) is 47.6 Å². The van der Waals surface area contributed by atoms with Crippen LogP contribution in [0.2, 0.25) is 0 Å². The van der Waals surface area contributed by atoms with Gasteiger partial charge < -0.3 is 15.4 Å². The van der Waals surface area contributed by atoms with E-state index in [-0.39, 0.29) is 11.9 Å². The summed E-state index contributed by atoms with van der Waals surface area (Å²) in [6, 6.07) is 9.74. The Hall–Kier alpha value is -3.42. The first-order valence-electron chi connectivity index (χ1n) is 10.2. The molecule has 0 saturated heterocycles. The van der Waals surface area contributed by atoms with E-state index in [1.807, 2.05) is 24.7 Å². The van der Waals surface area contributed by atoms with Gasteiger partial charge in [0, 0.05) is 44.6 Å². The van der Waals surface area contributed by atoms with Gasteiger partial charge in [0.05, 0.1) is 5.69 Å². The van der Waals surface area contributed by atoms with E-state index in [2.05, 4.69) is 39.6 Å². The molecule has 7 nitrogen and oxygen atoms in total. The lowest BCUT2D eigenvalue weighted by Gasteiger charge is -2.18. The molecule has 2 N–H and O–H groups in total. The van der Waals surface area contributed by atoms with E-state index in [4.69, 9.17) is 4.74 Å². The number of halogens is 1. The minimum absolute atomic E-state index is 0.192. The molecule has 0 saturated carbocycles. The number of benzene rings is 1. The second-order valence-electron chi connectivity index (χ2n) is 7.51. The van der Waals surface area contributed by atoms with E-state index in [0.29, 0.717) is 18.2 Å². The van der Waals surface area contributed by atoms with Crippen molar-refractivity contribution in [1.29, 1.82) is 0 Å². The van der Waals surface area contributed by atoms with E-state index in [9.17, 15) is 4.39 Å². The standard InChI is InChI=1S/C23H29FN6O/c1-15(12-21-16(2)29-30(5)17(21)3)28-23(25-4)27-14-18-6-11-22(26-13-18)31-20-9-7-19(24)8-10-20/h6-11,13,15H,12,14H2,1-5H3,(H2,25,27,28). The van der Waals surface area contributed by atoms with Gasteiger partial charge in [-0.2, -0.15) is 5.10 Å². The average molecular weight is 425 g/mol. The Balaban J connectivity index is 1.51. The number of hydrogen-bond donors (Lipinski definition) is 2. The van der Waals surface area contributed by atoms with Crippen LogP contribution in [-0.4, -0.2) is 33.8 Å². The number of hydrogen-bond acceptors (Lipinski definition) is 4. The average Bonchev–Trinajstić information content (AvgIpc) is 2.99. The zero-order valence-corrected chi connectivity index (χ0v) is 18.6. The molecule has 8 heteroatoms. The molecule has 0 bridgehead atoms. The maximum Gasteiger partial charge on any atom is 0.219 e. The quantitative estimate of drug-likeness (QED) is 0.447. The number of guanidine groups is 1. The van der Waals surface area contributed by atoms with Crippen molar-refractivity contribution in [2.24, 2.45) is 12.0 Å². The Morgan fingerprint density at radius 2 is 1.94 bits per heavy atom. The highest BCUT2D eigenvalue weighted by Crippen LogP contribution is 2.19. The molecule has 1 unspecified atom stereocenters. The molecule has 0 fully saturated rings. The second-order valence-corrected chi connectivity index (χ2v) is 7.51. The minimum atomic E-state index is -0.302. The van der Waals surface area contributed by atoms with Gasteiger partial charge in [-0.05, 0) is 62.6 Å². The number of ether oxygens (including phenoxy) is 1. The topological polar surface area (TPSA) is 76.4 Å². The first-order chi connectivity index (χ1) is 14.9. The molecule has 1 aromatic carbocycles. The maximum absolute atomic E-state index is 13.0. The van der Waals surface area contributed by atoms with Gasteiger partial charge in [-0.3, -0.25) is 9.67 Å².